The molecule has 0 unspecified atom stereocenters. The van der Waals surface area contributed by atoms with Crippen molar-refractivity contribution in [2.75, 3.05) is 11.6 Å². The average Bonchev–Trinajstić information content (AvgIpc) is 2.53. The monoisotopic (exact) mass is 314 g/mol. The molecule has 2 N–H and O–H groups in total. The number of anilines is 1. The van der Waals surface area contributed by atoms with Gasteiger partial charge < -0.3 is 10.6 Å². The van der Waals surface area contributed by atoms with Crippen LogP contribution in [0.15, 0.2) is 53.4 Å². The number of nitrogens with one attached hydrogen (secondary N) is 2. The largest absolute Gasteiger partial charge is 0.352 e. The lowest BCUT2D eigenvalue weighted by atomic mass is 10.1. The topological polar surface area (TPSA) is 58.2 Å². The molecule has 0 heterocycles. The fourth-order valence-electron chi connectivity index (χ4n) is 1.90. The Bertz CT molecular complexity index is 669. The molecule has 0 aliphatic heterocycles. The first-order valence-corrected chi connectivity index (χ1v) is 8.10. The molecule has 0 fully saturated rings. The van der Waals surface area contributed by atoms with Gasteiger partial charge in [0, 0.05) is 29.6 Å². The smallest absolute Gasteiger partial charge is 0.255 e. The van der Waals surface area contributed by atoms with E-state index in [0.29, 0.717) is 12.1 Å². The number of hydrogen-bond donors (Lipinski definition) is 2. The molecule has 22 heavy (non-hydrogen) atoms. The van der Waals surface area contributed by atoms with Crippen molar-refractivity contribution >= 4 is 29.3 Å². The van der Waals surface area contributed by atoms with Gasteiger partial charge in [0.2, 0.25) is 5.91 Å². The molecule has 114 valence electrons. The molecule has 0 aliphatic carbocycles. The Labute approximate surface area is 134 Å². The summed E-state index contributed by atoms with van der Waals surface area (Å²) < 4.78 is 0. The van der Waals surface area contributed by atoms with Crippen LogP contribution in [0.1, 0.15) is 22.8 Å². The lowest BCUT2D eigenvalue weighted by Gasteiger charge is -2.08. The molecule has 0 saturated heterocycles. The first-order chi connectivity index (χ1) is 10.6. The van der Waals surface area contributed by atoms with E-state index in [1.54, 1.807) is 23.9 Å². The van der Waals surface area contributed by atoms with Crippen LogP contribution in [-0.4, -0.2) is 18.1 Å². The van der Waals surface area contributed by atoms with Gasteiger partial charge in [0.1, 0.15) is 0 Å². The molecule has 0 radical (unpaired) electrons. The fourth-order valence-corrected chi connectivity index (χ4v) is 2.36. The summed E-state index contributed by atoms with van der Waals surface area (Å²) in [6, 6.07) is 14.9. The molecule has 0 aliphatic rings. The van der Waals surface area contributed by atoms with Gasteiger partial charge in [-0.2, -0.15) is 0 Å². The van der Waals surface area contributed by atoms with Crippen molar-refractivity contribution in [3.63, 3.8) is 0 Å². The van der Waals surface area contributed by atoms with Gasteiger partial charge in [-0.3, -0.25) is 9.59 Å². The van der Waals surface area contributed by atoms with Crippen molar-refractivity contribution in [2.45, 2.75) is 18.4 Å². The van der Waals surface area contributed by atoms with Gasteiger partial charge in [-0.15, -0.1) is 11.8 Å². The second kappa shape index (κ2) is 7.66. The molecule has 2 aromatic carbocycles. The van der Waals surface area contributed by atoms with Crippen molar-refractivity contribution in [3.05, 3.63) is 59.7 Å². The van der Waals surface area contributed by atoms with E-state index in [1.165, 1.54) is 6.92 Å². The average molecular weight is 314 g/mol. The van der Waals surface area contributed by atoms with Gasteiger partial charge in [-0.05, 0) is 42.2 Å². The van der Waals surface area contributed by atoms with Crippen molar-refractivity contribution in [1.29, 1.82) is 0 Å². The maximum atomic E-state index is 12.2. The standard InChI is InChI=1S/C17H18N2O2S/c1-12(20)18-11-13-6-8-14(9-7-13)17(21)19-15-4-3-5-16(10-15)22-2/h3-10H,11H2,1-2H3,(H,18,20)(H,19,21). The minimum atomic E-state index is -0.149. The molecule has 2 rings (SSSR count). The summed E-state index contributed by atoms with van der Waals surface area (Å²) in [5.41, 5.74) is 2.32. The summed E-state index contributed by atoms with van der Waals surface area (Å²) >= 11 is 1.63. The maximum Gasteiger partial charge on any atom is 0.255 e. The third-order valence-electron chi connectivity index (χ3n) is 3.09. The molecule has 5 heteroatoms. The molecule has 0 aromatic heterocycles. The molecule has 2 amide bonds. The van der Waals surface area contributed by atoms with E-state index in [-0.39, 0.29) is 11.8 Å². The zero-order chi connectivity index (χ0) is 15.9. The minimum Gasteiger partial charge on any atom is -0.352 e. The summed E-state index contributed by atoms with van der Waals surface area (Å²) in [5, 5.41) is 5.60. The maximum absolute atomic E-state index is 12.2. The van der Waals surface area contributed by atoms with Crippen LogP contribution < -0.4 is 10.6 Å². The number of carbonyl (C=O) groups excluding carboxylic acids is 2. The third-order valence-corrected chi connectivity index (χ3v) is 3.81. The second-order valence-electron chi connectivity index (χ2n) is 4.79. The Morgan fingerprint density at radius 1 is 1.09 bits per heavy atom. The summed E-state index contributed by atoms with van der Waals surface area (Å²) in [4.78, 5) is 24.2. The van der Waals surface area contributed by atoms with Gasteiger partial charge in [-0.25, -0.2) is 0 Å². The number of thioether (sulfide) groups is 1. The molecule has 0 saturated carbocycles. The fraction of sp³-hybridized carbons (Fsp3) is 0.176. The highest BCUT2D eigenvalue weighted by molar-refractivity contribution is 7.98. The first-order valence-electron chi connectivity index (χ1n) is 6.87. The Morgan fingerprint density at radius 2 is 1.82 bits per heavy atom. The van der Waals surface area contributed by atoms with Crippen LogP contribution in [0.5, 0.6) is 0 Å². The van der Waals surface area contributed by atoms with Gasteiger partial charge >= 0.3 is 0 Å². The van der Waals surface area contributed by atoms with Gasteiger partial charge in [-0.1, -0.05) is 18.2 Å². The van der Waals surface area contributed by atoms with Crippen LogP contribution in [0.4, 0.5) is 5.69 Å². The van der Waals surface area contributed by atoms with Crippen LogP contribution in [0.3, 0.4) is 0 Å². The zero-order valence-electron chi connectivity index (χ0n) is 12.6. The van der Waals surface area contributed by atoms with E-state index in [2.05, 4.69) is 10.6 Å². The third kappa shape index (κ3) is 4.63. The van der Waals surface area contributed by atoms with E-state index in [1.807, 2.05) is 42.7 Å². The van der Waals surface area contributed by atoms with Crippen LogP contribution in [0, 0.1) is 0 Å². The van der Waals surface area contributed by atoms with Crippen molar-refractivity contribution in [2.24, 2.45) is 0 Å². The van der Waals surface area contributed by atoms with E-state index in [4.69, 9.17) is 0 Å². The lowest BCUT2D eigenvalue weighted by molar-refractivity contribution is -0.119. The van der Waals surface area contributed by atoms with Gasteiger partial charge in [0.25, 0.3) is 5.91 Å². The van der Waals surface area contributed by atoms with Crippen molar-refractivity contribution < 1.29 is 9.59 Å². The highest BCUT2D eigenvalue weighted by Crippen LogP contribution is 2.19. The van der Waals surface area contributed by atoms with Crippen LogP contribution in [0.25, 0.3) is 0 Å². The van der Waals surface area contributed by atoms with E-state index < -0.39 is 0 Å². The molecular formula is C17H18N2O2S. The molecule has 2 aromatic rings. The zero-order valence-corrected chi connectivity index (χ0v) is 13.4. The number of hydrogen-bond acceptors (Lipinski definition) is 3. The highest BCUT2D eigenvalue weighted by Gasteiger charge is 2.06. The predicted molar refractivity (Wildman–Crippen MR) is 90.1 cm³/mol. The first kappa shape index (κ1) is 16.1. The molecule has 0 atom stereocenters. The Balaban J connectivity index is 2.01. The van der Waals surface area contributed by atoms with E-state index in [0.717, 1.165) is 16.1 Å². The molecule has 0 bridgehead atoms. The van der Waals surface area contributed by atoms with Crippen molar-refractivity contribution in [3.8, 4) is 0 Å². The number of benzene rings is 2. The lowest BCUT2D eigenvalue weighted by Crippen LogP contribution is -2.19. The molecule has 0 spiro atoms. The normalized spacial score (nSPS) is 10.1. The van der Waals surface area contributed by atoms with Gasteiger partial charge in [0.05, 0.1) is 0 Å². The summed E-state index contributed by atoms with van der Waals surface area (Å²) in [6.45, 7) is 1.94. The van der Waals surface area contributed by atoms with E-state index >= 15 is 0 Å². The quantitative estimate of drug-likeness (QED) is 0.833. The van der Waals surface area contributed by atoms with Crippen LogP contribution in [0.2, 0.25) is 0 Å². The number of carbonyl (C=O) groups is 2. The Hall–Kier alpha value is -2.27. The Kier molecular flexibility index (Phi) is 5.61. The highest BCUT2D eigenvalue weighted by atomic mass is 32.2. The summed E-state index contributed by atoms with van der Waals surface area (Å²) in [5.74, 6) is -0.222. The van der Waals surface area contributed by atoms with Crippen LogP contribution in [-0.2, 0) is 11.3 Å². The Morgan fingerprint density at radius 3 is 2.45 bits per heavy atom. The van der Waals surface area contributed by atoms with Gasteiger partial charge in [0.15, 0.2) is 0 Å². The predicted octanol–water partition coefficient (Wildman–Crippen LogP) is 3.30. The van der Waals surface area contributed by atoms with Crippen LogP contribution >= 0.6 is 11.8 Å². The van der Waals surface area contributed by atoms with E-state index in [9.17, 15) is 9.59 Å². The molecule has 4 nitrogen and oxygen atoms in total. The van der Waals surface area contributed by atoms with Crippen molar-refractivity contribution in [1.82, 2.24) is 5.32 Å². The summed E-state index contributed by atoms with van der Waals surface area (Å²) in [6.07, 6.45) is 1.99. The number of amides is 2. The summed E-state index contributed by atoms with van der Waals surface area (Å²) in [7, 11) is 0. The molecular weight excluding hydrogens is 296 g/mol. The second-order valence-corrected chi connectivity index (χ2v) is 5.67. The SMILES string of the molecule is CSc1cccc(NC(=O)c2ccc(CNC(C)=O)cc2)c1. The minimum absolute atomic E-state index is 0.0736. The number of rotatable bonds is 5.